The summed E-state index contributed by atoms with van der Waals surface area (Å²) < 4.78 is 1.74. The van der Waals surface area contributed by atoms with E-state index in [0.29, 0.717) is 43.1 Å². The Hall–Kier alpha value is -3.12. The molecule has 0 radical (unpaired) electrons. The Bertz CT molecular complexity index is 1050. The third kappa shape index (κ3) is 4.80. The fourth-order valence-corrected chi connectivity index (χ4v) is 4.03. The van der Waals surface area contributed by atoms with Crippen molar-refractivity contribution in [3.05, 3.63) is 82.6 Å². The SMILES string of the molecule is Cc1c(C(=O)N2CCC(C(=O)NCc3ccccc3)CC2)cnn1-c1ccc(Cl)cc1. The summed E-state index contributed by atoms with van der Waals surface area (Å²) in [5.74, 6) is -0.0470. The zero-order valence-electron chi connectivity index (χ0n) is 17.4. The molecule has 0 unspecified atom stereocenters. The lowest BCUT2D eigenvalue weighted by molar-refractivity contribution is -0.126. The van der Waals surface area contributed by atoms with Crippen molar-refractivity contribution in [3.63, 3.8) is 0 Å². The van der Waals surface area contributed by atoms with Crippen LogP contribution in [-0.4, -0.2) is 39.6 Å². The van der Waals surface area contributed by atoms with Crippen LogP contribution in [0.1, 0.15) is 34.5 Å². The molecule has 1 aromatic heterocycles. The Balaban J connectivity index is 1.34. The van der Waals surface area contributed by atoms with Crippen molar-refractivity contribution in [1.29, 1.82) is 0 Å². The summed E-state index contributed by atoms with van der Waals surface area (Å²) in [5, 5.41) is 8.06. The third-order valence-electron chi connectivity index (χ3n) is 5.77. The first-order chi connectivity index (χ1) is 15.0. The van der Waals surface area contributed by atoms with Crippen molar-refractivity contribution in [2.24, 2.45) is 5.92 Å². The topological polar surface area (TPSA) is 67.2 Å². The van der Waals surface area contributed by atoms with Gasteiger partial charge in [0, 0.05) is 30.6 Å². The van der Waals surface area contributed by atoms with Crippen LogP contribution in [0.4, 0.5) is 0 Å². The lowest BCUT2D eigenvalue weighted by Gasteiger charge is -2.31. The molecule has 160 valence electrons. The molecule has 2 heterocycles. The summed E-state index contributed by atoms with van der Waals surface area (Å²) in [7, 11) is 0. The first-order valence-electron chi connectivity index (χ1n) is 10.4. The Labute approximate surface area is 186 Å². The number of aromatic nitrogens is 2. The van der Waals surface area contributed by atoms with E-state index in [1.54, 1.807) is 23.0 Å². The lowest BCUT2D eigenvalue weighted by atomic mass is 9.95. The van der Waals surface area contributed by atoms with Gasteiger partial charge in [0.1, 0.15) is 0 Å². The molecule has 7 heteroatoms. The van der Waals surface area contributed by atoms with E-state index in [9.17, 15) is 9.59 Å². The van der Waals surface area contributed by atoms with E-state index in [1.807, 2.05) is 54.3 Å². The van der Waals surface area contributed by atoms with Crippen LogP contribution in [0.3, 0.4) is 0 Å². The minimum absolute atomic E-state index is 0.0409. The molecule has 1 aliphatic rings. The molecule has 1 aliphatic heterocycles. The molecular formula is C24H25ClN4O2. The fraction of sp³-hybridized carbons (Fsp3) is 0.292. The Morgan fingerprint density at radius 2 is 1.74 bits per heavy atom. The van der Waals surface area contributed by atoms with Crippen molar-refractivity contribution in [2.75, 3.05) is 13.1 Å². The van der Waals surface area contributed by atoms with Gasteiger partial charge in [-0.2, -0.15) is 5.10 Å². The summed E-state index contributed by atoms with van der Waals surface area (Å²) in [6.07, 6.45) is 2.94. The van der Waals surface area contributed by atoms with Crippen LogP contribution in [0.2, 0.25) is 5.02 Å². The monoisotopic (exact) mass is 436 g/mol. The van der Waals surface area contributed by atoms with E-state index >= 15 is 0 Å². The Morgan fingerprint density at radius 3 is 2.42 bits per heavy atom. The van der Waals surface area contributed by atoms with Gasteiger partial charge in [0.2, 0.25) is 5.91 Å². The van der Waals surface area contributed by atoms with Crippen LogP contribution in [0, 0.1) is 12.8 Å². The molecule has 4 rings (SSSR count). The normalized spacial score (nSPS) is 14.5. The van der Waals surface area contributed by atoms with Crippen LogP contribution in [0.15, 0.2) is 60.8 Å². The Kier molecular flexibility index (Phi) is 6.37. The van der Waals surface area contributed by atoms with Crippen molar-refractivity contribution < 1.29 is 9.59 Å². The molecule has 2 aromatic carbocycles. The number of rotatable bonds is 5. The number of nitrogens with one attached hydrogen (secondary N) is 1. The molecule has 0 atom stereocenters. The largest absolute Gasteiger partial charge is 0.352 e. The van der Waals surface area contributed by atoms with Gasteiger partial charge in [0.15, 0.2) is 0 Å². The maximum absolute atomic E-state index is 13.1. The highest BCUT2D eigenvalue weighted by molar-refractivity contribution is 6.30. The first-order valence-corrected chi connectivity index (χ1v) is 10.8. The zero-order valence-corrected chi connectivity index (χ0v) is 18.2. The molecule has 0 spiro atoms. The molecule has 0 bridgehead atoms. The number of nitrogens with zero attached hydrogens (tertiary/aromatic N) is 3. The number of halogens is 1. The van der Waals surface area contributed by atoms with Gasteiger partial charge in [-0.25, -0.2) is 4.68 Å². The number of benzene rings is 2. The molecule has 31 heavy (non-hydrogen) atoms. The first kappa shape index (κ1) is 21.1. The lowest BCUT2D eigenvalue weighted by Crippen LogP contribution is -2.43. The molecule has 2 amide bonds. The molecule has 1 N–H and O–H groups in total. The summed E-state index contributed by atoms with van der Waals surface area (Å²) in [6.45, 7) is 3.54. The van der Waals surface area contributed by atoms with Crippen LogP contribution in [-0.2, 0) is 11.3 Å². The highest BCUT2D eigenvalue weighted by Crippen LogP contribution is 2.22. The van der Waals surface area contributed by atoms with Gasteiger partial charge in [-0.05, 0) is 49.6 Å². The molecule has 3 aromatic rings. The molecule has 0 saturated carbocycles. The predicted molar refractivity (Wildman–Crippen MR) is 120 cm³/mol. The van der Waals surface area contributed by atoms with Gasteiger partial charge < -0.3 is 10.2 Å². The van der Waals surface area contributed by atoms with Crippen LogP contribution in [0.5, 0.6) is 0 Å². The van der Waals surface area contributed by atoms with E-state index in [4.69, 9.17) is 11.6 Å². The predicted octanol–water partition coefficient (Wildman–Crippen LogP) is 4.00. The number of hydrogen-bond donors (Lipinski definition) is 1. The standard InChI is InChI=1S/C24H25ClN4O2/c1-17-22(16-27-29(17)21-9-7-20(25)8-10-21)24(31)28-13-11-19(12-14-28)23(30)26-15-18-5-3-2-4-6-18/h2-10,16,19H,11-15H2,1H3,(H,26,30). The number of likely N-dealkylation sites (tertiary alicyclic amines) is 1. The van der Waals surface area contributed by atoms with E-state index in [2.05, 4.69) is 10.4 Å². The molecule has 0 aliphatic carbocycles. The van der Waals surface area contributed by atoms with Crippen LogP contribution < -0.4 is 5.32 Å². The smallest absolute Gasteiger partial charge is 0.257 e. The van der Waals surface area contributed by atoms with Gasteiger partial charge in [0.25, 0.3) is 5.91 Å². The van der Waals surface area contributed by atoms with E-state index in [1.165, 1.54) is 0 Å². The zero-order chi connectivity index (χ0) is 21.8. The number of piperidine rings is 1. The third-order valence-corrected chi connectivity index (χ3v) is 6.03. The van der Waals surface area contributed by atoms with Crippen LogP contribution in [0.25, 0.3) is 5.69 Å². The second-order valence-electron chi connectivity index (χ2n) is 7.80. The molecule has 1 saturated heterocycles. The van der Waals surface area contributed by atoms with Crippen LogP contribution >= 0.6 is 11.6 Å². The molecule has 6 nitrogen and oxygen atoms in total. The van der Waals surface area contributed by atoms with Crippen molar-refractivity contribution in [2.45, 2.75) is 26.3 Å². The van der Waals surface area contributed by atoms with Crippen molar-refractivity contribution in [3.8, 4) is 5.69 Å². The number of amides is 2. The second kappa shape index (κ2) is 9.35. The van der Waals surface area contributed by atoms with E-state index in [-0.39, 0.29) is 17.7 Å². The fourth-order valence-electron chi connectivity index (χ4n) is 3.91. The molecular weight excluding hydrogens is 412 g/mol. The number of carbonyl (C=O) groups is 2. The second-order valence-corrected chi connectivity index (χ2v) is 8.24. The van der Waals surface area contributed by atoms with Gasteiger partial charge in [-0.1, -0.05) is 41.9 Å². The summed E-state index contributed by atoms with van der Waals surface area (Å²) in [4.78, 5) is 27.4. The van der Waals surface area contributed by atoms with Gasteiger partial charge in [-0.15, -0.1) is 0 Å². The number of hydrogen-bond acceptors (Lipinski definition) is 3. The van der Waals surface area contributed by atoms with Crippen molar-refractivity contribution >= 4 is 23.4 Å². The molecule has 1 fully saturated rings. The summed E-state index contributed by atoms with van der Waals surface area (Å²) in [5.41, 5.74) is 3.31. The summed E-state index contributed by atoms with van der Waals surface area (Å²) in [6, 6.07) is 17.2. The van der Waals surface area contributed by atoms with Crippen molar-refractivity contribution in [1.82, 2.24) is 20.0 Å². The summed E-state index contributed by atoms with van der Waals surface area (Å²) >= 11 is 5.96. The number of carbonyl (C=O) groups excluding carboxylic acids is 2. The average Bonchev–Trinajstić information content (AvgIpc) is 3.19. The minimum atomic E-state index is -0.0642. The van der Waals surface area contributed by atoms with Gasteiger partial charge in [-0.3, -0.25) is 9.59 Å². The average molecular weight is 437 g/mol. The minimum Gasteiger partial charge on any atom is -0.352 e. The van der Waals surface area contributed by atoms with E-state index in [0.717, 1.165) is 16.9 Å². The maximum Gasteiger partial charge on any atom is 0.257 e. The van der Waals surface area contributed by atoms with Gasteiger partial charge >= 0.3 is 0 Å². The van der Waals surface area contributed by atoms with Gasteiger partial charge in [0.05, 0.1) is 23.1 Å². The quantitative estimate of drug-likeness (QED) is 0.657. The highest BCUT2D eigenvalue weighted by atomic mass is 35.5. The Morgan fingerprint density at radius 1 is 1.06 bits per heavy atom. The highest BCUT2D eigenvalue weighted by Gasteiger charge is 2.29. The van der Waals surface area contributed by atoms with E-state index < -0.39 is 0 Å². The maximum atomic E-state index is 13.1.